The first-order valence-electron chi connectivity index (χ1n) is 8.44. The largest absolute Gasteiger partial charge is 0.496 e. The number of nitrogens with one attached hydrogen (secondary N) is 2. The van der Waals surface area contributed by atoms with Crippen molar-refractivity contribution in [2.24, 2.45) is 5.92 Å². The van der Waals surface area contributed by atoms with E-state index in [9.17, 15) is 18.3 Å². The topological polar surface area (TPSA) is 79.3 Å². The maximum atomic E-state index is 13.2. The molecule has 0 fully saturated rings. The molecule has 0 radical (unpaired) electrons. The van der Waals surface area contributed by atoms with Crippen LogP contribution in [0.2, 0.25) is 0 Å². The van der Waals surface area contributed by atoms with E-state index in [1.165, 1.54) is 7.11 Å². The summed E-state index contributed by atoms with van der Waals surface area (Å²) in [6.45, 7) is 3.65. The fraction of sp³-hybridized carbons (Fsp3) is 0.444. The number of halogens is 3. The Balaban J connectivity index is 2.27. The van der Waals surface area contributed by atoms with Crippen molar-refractivity contribution in [1.82, 2.24) is 9.97 Å². The number of hydrogen-bond donors (Lipinski definition) is 3. The van der Waals surface area contributed by atoms with E-state index in [-0.39, 0.29) is 30.8 Å². The van der Waals surface area contributed by atoms with Crippen molar-refractivity contribution in [3.63, 3.8) is 0 Å². The first-order chi connectivity index (χ1) is 12.7. The Morgan fingerprint density at radius 2 is 1.89 bits per heavy atom. The van der Waals surface area contributed by atoms with Crippen molar-refractivity contribution in [3.05, 3.63) is 41.6 Å². The van der Waals surface area contributed by atoms with Gasteiger partial charge in [0.2, 0.25) is 5.95 Å². The van der Waals surface area contributed by atoms with Crippen LogP contribution < -0.4 is 15.4 Å². The second kappa shape index (κ2) is 8.90. The van der Waals surface area contributed by atoms with Crippen LogP contribution in [0.1, 0.15) is 25.1 Å². The van der Waals surface area contributed by atoms with Crippen LogP contribution >= 0.6 is 0 Å². The summed E-state index contributed by atoms with van der Waals surface area (Å²) < 4.78 is 44.8. The summed E-state index contributed by atoms with van der Waals surface area (Å²) in [7, 11) is 1.52. The minimum Gasteiger partial charge on any atom is -0.496 e. The van der Waals surface area contributed by atoms with Gasteiger partial charge in [-0.15, -0.1) is 0 Å². The number of anilines is 2. The number of methoxy groups -OCH3 is 1. The molecule has 0 saturated carbocycles. The van der Waals surface area contributed by atoms with Crippen molar-refractivity contribution >= 4 is 11.8 Å². The van der Waals surface area contributed by atoms with Crippen LogP contribution in [0, 0.1) is 5.92 Å². The molecule has 0 bridgehead atoms. The fourth-order valence-electron chi connectivity index (χ4n) is 2.37. The van der Waals surface area contributed by atoms with Crippen LogP contribution in [0.25, 0.3) is 0 Å². The molecule has 1 aromatic heterocycles. The molecule has 0 aliphatic heterocycles. The zero-order valence-electron chi connectivity index (χ0n) is 15.3. The van der Waals surface area contributed by atoms with Crippen molar-refractivity contribution in [2.45, 2.75) is 32.6 Å². The second-order valence-electron chi connectivity index (χ2n) is 6.30. The van der Waals surface area contributed by atoms with E-state index in [0.29, 0.717) is 5.75 Å². The Morgan fingerprint density at radius 3 is 2.48 bits per heavy atom. The molecule has 148 valence electrons. The molecule has 2 aromatic rings. The van der Waals surface area contributed by atoms with E-state index in [0.717, 1.165) is 11.6 Å². The lowest BCUT2D eigenvalue weighted by atomic mass is 10.1. The van der Waals surface area contributed by atoms with Gasteiger partial charge in [0.1, 0.15) is 11.6 Å². The average Bonchev–Trinajstić information content (AvgIpc) is 2.63. The summed E-state index contributed by atoms with van der Waals surface area (Å²) >= 11 is 0. The van der Waals surface area contributed by atoms with Crippen LogP contribution in [-0.4, -0.2) is 34.8 Å². The van der Waals surface area contributed by atoms with E-state index in [2.05, 4.69) is 20.6 Å². The monoisotopic (exact) mass is 384 g/mol. The Morgan fingerprint density at radius 1 is 1.19 bits per heavy atom. The average molecular weight is 384 g/mol. The molecule has 27 heavy (non-hydrogen) atoms. The van der Waals surface area contributed by atoms with Gasteiger partial charge in [0.15, 0.2) is 5.69 Å². The zero-order chi connectivity index (χ0) is 20.0. The zero-order valence-corrected chi connectivity index (χ0v) is 15.3. The number of benzene rings is 1. The molecule has 3 N–H and O–H groups in total. The summed E-state index contributed by atoms with van der Waals surface area (Å²) in [6.07, 6.45) is -4.62. The number of aliphatic hydroxyl groups is 1. The predicted octanol–water partition coefficient (Wildman–Crippen LogP) is 3.54. The second-order valence-corrected chi connectivity index (χ2v) is 6.30. The number of alkyl halides is 3. The molecule has 0 spiro atoms. The Kier molecular flexibility index (Phi) is 6.84. The Labute approximate surface area is 155 Å². The molecule has 1 heterocycles. The predicted molar refractivity (Wildman–Crippen MR) is 96.7 cm³/mol. The van der Waals surface area contributed by atoms with Gasteiger partial charge in [0.05, 0.1) is 19.8 Å². The van der Waals surface area contributed by atoms with Gasteiger partial charge < -0.3 is 20.5 Å². The summed E-state index contributed by atoms with van der Waals surface area (Å²) in [5.41, 5.74) is -0.292. The molecular weight excluding hydrogens is 361 g/mol. The van der Waals surface area contributed by atoms with Crippen molar-refractivity contribution < 1.29 is 23.0 Å². The van der Waals surface area contributed by atoms with Crippen LogP contribution in [0.4, 0.5) is 24.9 Å². The van der Waals surface area contributed by atoms with Gasteiger partial charge in [-0.2, -0.15) is 18.2 Å². The molecule has 0 aliphatic rings. The third-order valence-corrected chi connectivity index (χ3v) is 3.98. The SMILES string of the molecule is COc1ccccc1CNc1cc(C(F)(F)F)nc(N[C@H](CO)C(C)C)n1. The van der Waals surface area contributed by atoms with Crippen LogP contribution in [-0.2, 0) is 12.7 Å². The van der Waals surface area contributed by atoms with E-state index in [4.69, 9.17) is 4.74 Å². The number of nitrogens with zero attached hydrogens (tertiary/aromatic N) is 2. The minimum atomic E-state index is -4.62. The molecule has 0 amide bonds. The number of hydrogen-bond acceptors (Lipinski definition) is 6. The van der Waals surface area contributed by atoms with Gasteiger partial charge >= 0.3 is 6.18 Å². The number of rotatable bonds is 8. The number of aliphatic hydroxyl groups excluding tert-OH is 1. The Bertz CT molecular complexity index is 754. The van der Waals surface area contributed by atoms with Crippen molar-refractivity contribution in [2.75, 3.05) is 24.4 Å². The first-order valence-corrected chi connectivity index (χ1v) is 8.44. The van der Waals surface area contributed by atoms with Crippen LogP contribution in [0.15, 0.2) is 30.3 Å². The van der Waals surface area contributed by atoms with Gasteiger partial charge in [0.25, 0.3) is 0 Å². The quantitative estimate of drug-likeness (QED) is 0.646. The summed E-state index contributed by atoms with van der Waals surface area (Å²) in [6, 6.07) is 7.57. The standard InChI is InChI=1S/C18H23F3N4O2/c1-11(2)13(10-26)23-17-24-15(18(19,20)21)8-16(25-17)22-9-12-6-4-5-7-14(12)27-3/h4-8,11,13,26H,9-10H2,1-3H3,(H2,22,23,24,25)/t13-/m1/s1. The molecule has 6 nitrogen and oxygen atoms in total. The van der Waals surface area contributed by atoms with Gasteiger partial charge in [-0.1, -0.05) is 32.0 Å². The first kappa shape index (κ1) is 20.8. The molecule has 0 unspecified atom stereocenters. The maximum Gasteiger partial charge on any atom is 0.433 e. The van der Waals surface area contributed by atoms with Crippen molar-refractivity contribution in [3.8, 4) is 5.75 Å². The summed E-state index contributed by atoms with van der Waals surface area (Å²) in [4.78, 5) is 7.64. The summed E-state index contributed by atoms with van der Waals surface area (Å²) in [5.74, 6) is 0.429. The molecule has 1 aromatic carbocycles. The molecule has 2 rings (SSSR count). The Hall–Kier alpha value is -2.55. The third-order valence-electron chi connectivity index (χ3n) is 3.98. The number of aromatic nitrogens is 2. The highest BCUT2D eigenvalue weighted by Crippen LogP contribution is 2.30. The highest BCUT2D eigenvalue weighted by molar-refractivity contribution is 5.45. The molecule has 0 saturated heterocycles. The van der Waals surface area contributed by atoms with Crippen LogP contribution in [0.3, 0.4) is 0 Å². The lowest BCUT2D eigenvalue weighted by Gasteiger charge is -2.21. The lowest BCUT2D eigenvalue weighted by Crippen LogP contribution is -2.30. The van der Waals surface area contributed by atoms with Gasteiger partial charge in [-0.05, 0) is 12.0 Å². The minimum absolute atomic E-state index is 0.0156. The van der Waals surface area contributed by atoms with Gasteiger partial charge in [0, 0.05) is 18.2 Å². The summed E-state index contributed by atoms with van der Waals surface area (Å²) in [5, 5.41) is 15.0. The number of ether oxygens (including phenoxy) is 1. The molecular formula is C18H23F3N4O2. The third kappa shape index (κ3) is 5.72. The smallest absolute Gasteiger partial charge is 0.433 e. The van der Waals surface area contributed by atoms with E-state index < -0.39 is 17.9 Å². The van der Waals surface area contributed by atoms with E-state index >= 15 is 0 Å². The highest BCUT2D eigenvalue weighted by Gasteiger charge is 2.34. The molecule has 1 atom stereocenters. The normalized spacial score (nSPS) is 12.7. The maximum absolute atomic E-state index is 13.2. The van der Waals surface area contributed by atoms with Gasteiger partial charge in [-0.25, -0.2) is 4.98 Å². The van der Waals surface area contributed by atoms with Crippen LogP contribution in [0.5, 0.6) is 5.75 Å². The van der Waals surface area contributed by atoms with E-state index in [1.54, 1.807) is 18.2 Å². The molecule has 9 heteroatoms. The van der Waals surface area contributed by atoms with Gasteiger partial charge in [-0.3, -0.25) is 0 Å². The lowest BCUT2D eigenvalue weighted by molar-refractivity contribution is -0.141. The fourth-order valence-corrected chi connectivity index (χ4v) is 2.37. The highest BCUT2D eigenvalue weighted by atomic mass is 19.4. The number of para-hydroxylation sites is 1. The molecule has 0 aliphatic carbocycles. The van der Waals surface area contributed by atoms with E-state index in [1.807, 2.05) is 19.9 Å². The van der Waals surface area contributed by atoms with Crippen molar-refractivity contribution in [1.29, 1.82) is 0 Å².